The molecular formula is C17H24N2O. The summed E-state index contributed by atoms with van der Waals surface area (Å²) in [4.78, 5) is 12.1. The quantitative estimate of drug-likeness (QED) is 0.869. The van der Waals surface area contributed by atoms with E-state index >= 15 is 0 Å². The molecule has 1 heterocycles. The summed E-state index contributed by atoms with van der Waals surface area (Å²) in [6.45, 7) is 3.13. The molecule has 0 bridgehead atoms. The second kappa shape index (κ2) is 5.96. The van der Waals surface area contributed by atoms with E-state index in [9.17, 15) is 4.79 Å². The lowest BCUT2D eigenvalue weighted by atomic mass is 9.80. The maximum absolute atomic E-state index is 12.1. The van der Waals surface area contributed by atoms with Crippen molar-refractivity contribution in [2.24, 2.45) is 0 Å². The summed E-state index contributed by atoms with van der Waals surface area (Å²) < 4.78 is 0. The third kappa shape index (κ3) is 2.73. The van der Waals surface area contributed by atoms with Crippen LogP contribution in [0.5, 0.6) is 0 Å². The highest BCUT2D eigenvalue weighted by Gasteiger charge is 2.29. The van der Waals surface area contributed by atoms with Crippen molar-refractivity contribution < 1.29 is 4.79 Å². The predicted octanol–water partition coefficient (Wildman–Crippen LogP) is 2.88. The van der Waals surface area contributed by atoms with Crippen LogP contribution in [0.3, 0.4) is 0 Å². The van der Waals surface area contributed by atoms with E-state index in [4.69, 9.17) is 0 Å². The Hall–Kier alpha value is -1.35. The Morgan fingerprint density at radius 3 is 2.70 bits per heavy atom. The van der Waals surface area contributed by atoms with E-state index in [2.05, 4.69) is 41.8 Å². The Bertz CT molecular complexity index is 486. The number of hydrogen-bond acceptors (Lipinski definition) is 2. The number of carbonyl (C=O) groups excluding carboxylic acids is 1. The normalized spacial score (nSPS) is 30.2. The second-order valence-electron chi connectivity index (χ2n) is 6.17. The van der Waals surface area contributed by atoms with Crippen LogP contribution in [0.1, 0.15) is 62.1 Å². The van der Waals surface area contributed by atoms with Crippen LogP contribution in [0.15, 0.2) is 24.3 Å². The molecule has 0 spiro atoms. The van der Waals surface area contributed by atoms with E-state index < -0.39 is 0 Å². The number of nitrogens with one attached hydrogen (secondary N) is 2. The number of benzene rings is 1. The lowest BCUT2D eigenvalue weighted by Gasteiger charge is -2.32. The monoisotopic (exact) mass is 272 g/mol. The fraction of sp³-hybridized carbons (Fsp3) is 0.588. The molecule has 0 radical (unpaired) electrons. The van der Waals surface area contributed by atoms with Crippen LogP contribution in [-0.4, -0.2) is 18.5 Å². The Morgan fingerprint density at radius 2 is 1.85 bits per heavy atom. The van der Waals surface area contributed by atoms with Crippen molar-refractivity contribution in [3.63, 3.8) is 0 Å². The molecule has 1 amide bonds. The molecule has 0 aromatic heterocycles. The molecule has 1 saturated heterocycles. The topological polar surface area (TPSA) is 41.1 Å². The predicted molar refractivity (Wildman–Crippen MR) is 80.6 cm³/mol. The van der Waals surface area contributed by atoms with Crippen LogP contribution in [0.25, 0.3) is 0 Å². The first-order chi connectivity index (χ1) is 9.75. The van der Waals surface area contributed by atoms with Gasteiger partial charge in [0.15, 0.2) is 0 Å². The van der Waals surface area contributed by atoms with Crippen molar-refractivity contribution in [2.75, 3.05) is 6.54 Å². The molecule has 1 aliphatic carbocycles. The Labute approximate surface area is 121 Å². The van der Waals surface area contributed by atoms with Gasteiger partial charge in [-0.1, -0.05) is 31.2 Å². The molecule has 1 fully saturated rings. The third-order valence-electron chi connectivity index (χ3n) is 4.73. The maximum Gasteiger partial charge on any atom is 0.237 e. The third-order valence-corrected chi connectivity index (χ3v) is 4.73. The van der Waals surface area contributed by atoms with Crippen LogP contribution in [0, 0.1) is 0 Å². The van der Waals surface area contributed by atoms with Gasteiger partial charge in [-0.25, -0.2) is 0 Å². The molecule has 2 N–H and O–H groups in total. The summed E-state index contributed by atoms with van der Waals surface area (Å²) >= 11 is 0. The van der Waals surface area contributed by atoms with Gasteiger partial charge in [0, 0.05) is 12.6 Å². The van der Waals surface area contributed by atoms with Crippen LogP contribution in [-0.2, 0) is 4.79 Å². The fourth-order valence-corrected chi connectivity index (χ4v) is 3.52. The first-order valence-electron chi connectivity index (χ1n) is 7.88. The van der Waals surface area contributed by atoms with Crippen LogP contribution >= 0.6 is 0 Å². The van der Waals surface area contributed by atoms with Gasteiger partial charge in [0.2, 0.25) is 5.91 Å². The summed E-state index contributed by atoms with van der Waals surface area (Å²) in [6.07, 6.45) is 5.51. The van der Waals surface area contributed by atoms with Crippen LogP contribution < -0.4 is 10.6 Å². The molecule has 20 heavy (non-hydrogen) atoms. The minimum atomic E-state index is -0.0241. The Morgan fingerprint density at radius 1 is 1.05 bits per heavy atom. The van der Waals surface area contributed by atoms with Crippen molar-refractivity contribution in [3.05, 3.63) is 35.4 Å². The average Bonchev–Trinajstić information content (AvgIpc) is 2.67. The van der Waals surface area contributed by atoms with Gasteiger partial charge in [-0.2, -0.15) is 0 Å². The van der Waals surface area contributed by atoms with E-state index in [0.29, 0.717) is 12.0 Å². The fourth-order valence-electron chi connectivity index (χ4n) is 3.52. The molecule has 1 aliphatic heterocycles. The minimum absolute atomic E-state index is 0.0241. The lowest BCUT2D eigenvalue weighted by molar-refractivity contribution is -0.123. The number of hydrogen-bond donors (Lipinski definition) is 2. The lowest BCUT2D eigenvalue weighted by Crippen LogP contribution is -2.45. The van der Waals surface area contributed by atoms with Gasteiger partial charge >= 0.3 is 0 Å². The van der Waals surface area contributed by atoms with E-state index in [-0.39, 0.29) is 11.9 Å². The van der Waals surface area contributed by atoms with Gasteiger partial charge in [-0.3, -0.25) is 10.1 Å². The summed E-state index contributed by atoms with van der Waals surface area (Å²) in [7, 11) is 0. The molecule has 3 unspecified atom stereocenters. The van der Waals surface area contributed by atoms with Crippen molar-refractivity contribution in [1.29, 1.82) is 0 Å². The van der Waals surface area contributed by atoms with Gasteiger partial charge < -0.3 is 5.32 Å². The maximum atomic E-state index is 12.1. The zero-order valence-corrected chi connectivity index (χ0v) is 12.2. The first-order valence-corrected chi connectivity index (χ1v) is 7.88. The molecule has 3 atom stereocenters. The van der Waals surface area contributed by atoms with Gasteiger partial charge in [0.1, 0.15) is 0 Å². The van der Waals surface area contributed by atoms with Crippen molar-refractivity contribution >= 4 is 5.91 Å². The Balaban J connectivity index is 1.78. The summed E-state index contributed by atoms with van der Waals surface area (Å²) in [5.74, 6) is 0.811. The van der Waals surface area contributed by atoms with Gasteiger partial charge in [0.05, 0.1) is 6.04 Å². The number of fused-ring (bicyclic) bond motifs is 1. The molecule has 3 rings (SSSR count). The summed E-state index contributed by atoms with van der Waals surface area (Å²) in [5.41, 5.74) is 2.84. The van der Waals surface area contributed by atoms with E-state index in [1.165, 1.54) is 17.5 Å². The average molecular weight is 272 g/mol. The molecule has 2 aliphatic rings. The van der Waals surface area contributed by atoms with Crippen molar-refractivity contribution in [2.45, 2.75) is 57.0 Å². The molecule has 3 nitrogen and oxygen atoms in total. The van der Waals surface area contributed by atoms with Crippen molar-refractivity contribution in [1.82, 2.24) is 10.6 Å². The van der Waals surface area contributed by atoms with Crippen LogP contribution in [0.2, 0.25) is 0 Å². The first kappa shape index (κ1) is 13.6. The highest BCUT2D eigenvalue weighted by Crippen LogP contribution is 2.37. The van der Waals surface area contributed by atoms with Gasteiger partial charge in [-0.05, 0) is 49.1 Å². The highest BCUT2D eigenvalue weighted by molar-refractivity contribution is 5.82. The van der Waals surface area contributed by atoms with E-state index in [1.807, 2.05) is 0 Å². The van der Waals surface area contributed by atoms with Gasteiger partial charge in [0.25, 0.3) is 0 Å². The number of rotatable bonds is 2. The number of carbonyl (C=O) groups is 1. The molecule has 1 aromatic carbocycles. The minimum Gasteiger partial charge on any atom is -0.355 e. The highest BCUT2D eigenvalue weighted by atomic mass is 16.2. The second-order valence-corrected chi connectivity index (χ2v) is 6.17. The summed E-state index contributed by atoms with van der Waals surface area (Å²) in [6, 6.07) is 8.99. The molecule has 108 valence electrons. The molecule has 3 heteroatoms. The smallest absolute Gasteiger partial charge is 0.237 e. The zero-order valence-electron chi connectivity index (χ0n) is 12.2. The standard InChI is InChI=1S/C17H24N2O/c1-12-9-10-15(14-7-3-2-6-13(12)14)19-16-8-4-5-11-18-17(16)20/h2-3,6-7,12,15-16,19H,4-5,8-11H2,1H3,(H,18,20). The van der Waals surface area contributed by atoms with Crippen LogP contribution in [0.4, 0.5) is 0 Å². The zero-order chi connectivity index (χ0) is 13.9. The van der Waals surface area contributed by atoms with E-state index in [1.54, 1.807) is 0 Å². The summed E-state index contributed by atoms with van der Waals surface area (Å²) in [5, 5.41) is 6.63. The number of amides is 1. The Kier molecular flexibility index (Phi) is 4.06. The largest absolute Gasteiger partial charge is 0.355 e. The molecule has 0 saturated carbocycles. The van der Waals surface area contributed by atoms with Gasteiger partial charge in [-0.15, -0.1) is 0 Å². The van der Waals surface area contributed by atoms with E-state index in [0.717, 1.165) is 32.2 Å². The van der Waals surface area contributed by atoms with Crippen molar-refractivity contribution in [3.8, 4) is 0 Å². The SMILES string of the molecule is CC1CCC(NC2CCCCNC2=O)c2ccccc21. The molecular weight excluding hydrogens is 248 g/mol. The molecule has 1 aromatic rings.